The molecule has 0 spiro atoms. The molecule has 0 radical (unpaired) electrons. The van der Waals surface area contributed by atoms with Crippen LogP contribution in [-0.2, 0) is 21.1 Å². The summed E-state index contributed by atoms with van der Waals surface area (Å²) in [6.45, 7) is 10.2. The van der Waals surface area contributed by atoms with Crippen LogP contribution in [0, 0.1) is 34.6 Å². The van der Waals surface area contributed by atoms with E-state index in [2.05, 4.69) is 194 Å². The fourth-order valence-corrected chi connectivity index (χ4v) is 8.63. The molecule has 0 amide bonds. The minimum Gasteiger partial charge on any atom is -0.240 e. The highest BCUT2D eigenvalue weighted by Crippen LogP contribution is 2.33. The molecule has 10 rings (SSSR count). The lowest BCUT2D eigenvalue weighted by Gasteiger charge is -2.09. The zero-order chi connectivity index (χ0) is 46.9. The predicted molar refractivity (Wildman–Crippen MR) is 265 cm³/mol. The van der Waals surface area contributed by atoms with E-state index in [4.69, 9.17) is 0 Å². The third-order valence-corrected chi connectivity index (χ3v) is 12.4. The van der Waals surface area contributed by atoms with Crippen molar-refractivity contribution in [3.05, 3.63) is 193 Å². The second-order valence-corrected chi connectivity index (χ2v) is 17.3. The number of nitrogens with zero attached hydrogens (tertiary/aromatic N) is 10. The summed E-state index contributed by atoms with van der Waals surface area (Å²) in [7, 11) is 6.19. The third-order valence-electron chi connectivity index (χ3n) is 12.4. The van der Waals surface area contributed by atoms with Gasteiger partial charge in [0.15, 0.2) is 30.2 Å². The summed E-state index contributed by atoms with van der Waals surface area (Å²) < 4.78 is 6.40. The van der Waals surface area contributed by atoms with Gasteiger partial charge in [-0.05, 0) is 94.0 Å². The Balaban J connectivity index is 0.000000137. The molecule has 6 aromatic heterocycles. The number of pyridine rings is 3. The van der Waals surface area contributed by atoms with E-state index in [0.717, 1.165) is 62.8 Å². The normalized spacial score (nSPS) is 12.2. The number of aromatic nitrogens is 10. The average molecular weight is 884 g/mol. The van der Waals surface area contributed by atoms with Crippen molar-refractivity contribution in [1.29, 1.82) is 0 Å². The molecule has 10 nitrogen and oxygen atoms in total. The van der Waals surface area contributed by atoms with E-state index in [1.165, 1.54) is 64.8 Å². The van der Waals surface area contributed by atoms with Gasteiger partial charge in [-0.25, -0.2) is 48.6 Å². The first-order chi connectivity index (χ1) is 32.5. The number of rotatable bonds is 7. The van der Waals surface area contributed by atoms with Crippen molar-refractivity contribution in [3.8, 4) is 67.7 Å². The Bertz CT molecular complexity index is 3100. The van der Waals surface area contributed by atoms with Crippen LogP contribution in [0.4, 0.5) is 0 Å². The molecule has 0 bridgehead atoms. The summed E-state index contributed by atoms with van der Waals surface area (Å²) in [6.07, 6.45) is 18.8. The Hall–Kier alpha value is -7.72. The maximum atomic E-state index is 4.66. The number of hydrogen-bond donors (Lipinski definition) is 0. The summed E-state index contributed by atoms with van der Waals surface area (Å²) in [5.41, 5.74) is 15.3. The van der Waals surface area contributed by atoms with Gasteiger partial charge in [-0.3, -0.25) is 0 Å². The van der Waals surface area contributed by atoms with E-state index in [-0.39, 0.29) is 0 Å². The molecule has 334 valence electrons. The molecule has 1 fully saturated rings. The summed E-state index contributed by atoms with van der Waals surface area (Å²) in [5.74, 6) is 4.54. The lowest BCUT2D eigenvalue weighted by Crippen LogP contribution is -2.30. The van der Waals surface area contributed by atoms with E-state index >= 15 is 0 Å². The van der Waals surface area contributed by atoms with Crippen LogP contribution in [0.3, 0.4) is 0 Å². The summed E-state index contributed by atoms with van der Waals surface area (Å²) >= 11 is 0. The van der Waals surface area contributed by atoms with Gasteiger partial charge in [0.2, 0.25) is 17.1 Å². The zero-order valence-electron chi connectivity index (χ0n) is 39.9. The first-order valence-electron chi connectivity index (χ1n) is 23.0. The fraction of sp³-hybridized carbons (Fsp3) is 0.228. The van der Waals surface area contributed by atoms with Crippen molar-refractivity contribution >= 4 is 0 Å². The lowest BCUT2D eigenvalue weighted by molar-refractivity contribution is -0.660. The Morgan fingerprint density at radius 1 is 0.418 bits per heavy atom. The summed E-state index contributed by atoms with van der Waals surface area (Å²) in [4.78, 5) is 31.1. The van der Waals surface area contributed by atoms with Crippen LogP contribution in [0.2, 0.25) is 0 Å². The molecular formula is C57H59N10+3. The minimum absolute atomic E-state index is 0.560. The van der Waals surface area contributed by atoms with Crippen molar-refractivity contribution in [2.75, 3.05) is 0 Å². The molecular weight excluding hydrogens is 825 g/mol. The van der Waals surface area contributed by atoms with E-state index in [1.807, 2.05) is 56.8 Å². The highest BCUT2D eigenvalue weighted by molar-refractivity contribution is 5.70. The van der Waals surface area contributed by atoms with Crippen LogP contribution in [0.15, 0.2) is 159 Å². The largest absolute Gasteiger partial charge is 0.240 e. The maximum absolute atomic E-state index is 4.66. The average Bonchev–Trinajstić information content (AvgIpc) is 3.89. The highest BCUT2D eigenvalue weighted by atomic mass is 15.0. The number of benzene rings is 3. The summed E-state index contributed by atoms with van der Waals surface area (Å²) in [6, 6.07) is 39.8. The van der Waals surface area contributed by atoms with E-state index in [9.17, 15) is 0 Å². The van der Waals surface area contributed by atoms with Crippen LogP contribution < -0.4 is 13.7 Å². The molecule has 10 heteroatoms. The van der Waals surface area contributed by atoms with Crippen molar-refractivity contribution < 1.29 is 13.7 Å². The Morgan fingerprint density at radius 3 is 1.27 bits per heavy atom. The van der Waals surface area contributed by atoms with Crippen molar-refractivity contribution in [1.82, 2.24) is 34.9 Å². The second-order valence-electron chi connectivity index (χ2n) is 17.3. The van der Waals surface area contributed by atoms with Gasteiger partial charge in [0.1, 0.15) is 38.6 Å². The summed E-state index contributed by atoms with van der Waals surface area (Å²) in [5, 5.41) is 0. The first-order valence-corrected chi connectivity index (χ1v) is 23.0. The molecule has 1 saturated carbocycles. The SMILES string of the molecule is Cc1ccccc1-c1cc(-c2cnc(C3CCCC3)nc2)cc[n+]1C.Cc1ccccc1-c1cc(-c2ncccn2)cc[n+]1C.Cc1nc(C)nc(-c2cc[n+](C)c(-c3ccccc3C)c2)n1. The van der Waals surface area contributed by atoms with Gasteiger partial charge in [0.05, 0.1) is 0 Å². The van der Waals surface area contributed by atoms with Crippen molar-refractivity contribution in [2.45, 2.75) is 66.2 Å². The second kappa shape index (κ2) is 21.1. The van der Waals surface area contributed by atoms with Gasteiger partial charge in [-0.15, -0.1) is 0 Å². The third kappa shape index (κ3) is 11.0. The molecule has 1 aliphatic carbocycles. The van der Waals surface area contributed by atoms with Gasteiger partial charge in [0.25, 0.3) is 0 Å². The first kappa shape index (κ1) is 45.8. The quantitative estimate of drug-likeness (QED) is 0.147. The number of aryl methyl sites for hydroxylation is 8. The fourth-order valence-electron chi connectivity index (χ4n) is 8.63. The molecule has 1 aliphatic rings. The van der Waals surface area contributed by atoms with Crippen LogP contribution in [0.25, 0.3) is 67.7 Å². The van der Waals surface area contributed by atoms with Crippen LogP contribution >= 0.6 is 0 Å². The maximum Gasteiger partial charge on any atom is 0.213 e. The van der Waals surface area contributed by atoms with Gasteiger partial charge in [0, 0.05) is 100 Å². The molecule has 9 aromatic rings. The Morgan fingerprint density at radius 2 is 0.821 bits per heavy atom. The smallest absolute Gasteiger partial charge is 0.213 e. The number of hydrogen-bond acceptors (Lipinski definition) is 7. The van der Waals surface area contributed by atoms with E-state index in [0.29, 0.717) is 5.92 Å². The molecule has 3 aromatic carbocycles. The van der Waals surface area contributed by atoms with Crippen LogP contribution in [-0.4, -0.2) is 34.9 Å². The van der Waals surface area contributed by atoms with Crippen LogP contribution in [0.1, 0.15) is 65.8 Å². The molecule has 0 atom stereocenters. The van der Waals surface area contributed by atoms with Gasteiger partial charge in [-0.1, -0.05) is 67.4 Å². The predicted octanol–water partition coefficient (Wildman–Crippen LogP) is 10.5. The zero-order valence-corrected chi connectivity index (χ0v) is 39.9. The standard InChI is InChI=1S/C22H24N3.C18H19N4.C17H16N3/c1-16-7-3-6-10-20(16)21-13-18(11-12-25(21)2)19-14-23-22(24-15-19)17-8-4-5-9-17;1-12-7-5-6-8-16(12)17-11-15(9-10-22(17)4)18-20-13(2)19-14(3)21-18;1-13-6-3-4-7-15(13)16-12-14(8-11-20(16)2)17-18-9-5-10-19-17/h3,6-7,10-15,17H,4-5,8-9H2,1-2H3;5-11H,1-4H3;3-12H,1-2H3/q3*+1. The highest BCUT2D eigenvalue weighted by Gasteiger charge is 2.21. The van der Waals surface area contributed by atoms with Gasteiger partial charge < -0.3 is 0 Å². The molecule has 0 unspecified atom stereocenters. The molecule has 0 aliphatic heterocycles. The van der Waals surface area contributed by atoms with E-state index < -0.39 is 0 Å². The molecule has 0 N–H and O–H groups in total. The Kier molecular flexibility index (Phi) is 14.4. The van der Waals surface area contributed by atoms with Crippen molar-refractivity contribution in [3.63, 3.8) is 0 Å². The van der Waals surface area contributed by atoms with Gasteiger partial charge >= 0.3 is 0 Å². The van der Waals surface area contributed by atoms with E-state index in [1.54, 1.807) is 12.4 Å². The minimum atomic E-state index is 0.560. The monoisotopic (exact) mass is 883 g/mol. The molecule has 0 saturated heterocycles. The topological polar surface area (TPSA) is 102 Å². The lowest BCUT2D eigenvalue weighted by atomic mass is 10.0. The van der Waals surface area contributed by atoms with Crippen molar-refractivity contribution in [2.24, 2.45) is 21.1 Å². The Labute approximate surface area is 394 Å². The molecule has 67 heavy (non-hydrogen) atoms. The van der Waals surface area contributed by atoms with Gasteiger partial charge in [-0.2, -0.15) is 0 Å². The van der Waals surface area contributed by atoms with Crippen LogP contribution in [0.5, 0.6) is 0 Å². The molecule has 6 heterocycles.